The van der Waals surface area contributed by atoms with Crippen molar-refractivity contribution >= 4 is 16.0 Å². The number of hydrogen-bond acceptors (Lipinski definition) is 5. The lowest BCUT2D eigenvalue weighted by molar-refractivity contribution is -0.135. The summed E-state index contributed by atoms with van der Waals surface area (Å²) in [4.78, 5) is 14.7. The molecule has 0 bridgehead atoms. The molecule has 27 heavy (non-hydrogen) atoms. The molecule has 0 aliphatic carbocycles. The van der Waals surface area contributed by atoms with E-state index >= 15 is 0 Å². The molecule has 1 fully saturated rings. The Morgan fingerprint density at radius 1 is 1.33 bits per heavy atom. The van der Waals surface area contributed by atoms with E-state index in [1.165, 1.54) is 6.92 Å². The smallest absolute Gasteiger partial charge is 0.308 e. The van der Waals surface area contributed by atoms with E-state index in [2.05, 4.69) is 0 Å². The van der Waals surface area contributed by atoms with Crippen LogP contribution >= 0.6 is 0 Å². The van der Waals surface area contributed by atoms with Gasteiger partial charge >= 0.3 is 10.1 Å². The highest BCUT2D eigenvalue weighted by Gasteiger charge is 2.26. The van der Waals surface area contributed by atoms with Crippen molar-refractivity contribution in [1.82, 2.24) is 4.90 Å². The Balaban J connectivity index is 2.14. The van der Waals surface area contributed by atoms with Gasteiger partial charge in [-0.25, -0.2) is 0 Å². The van der Waals surface area contributed by atoms with Crippen LogP contribution in [0, 0.1) is 5.41 Å². The van der Waals surface area contributed by atoms with Gasteiger partial charge in [0.15, 0.2) is 0 Å². The third-order valence-electron chi connectivity index (χ3n) is 4.33. The van der Waals surface area contributed by atoms with Gasteiger partial charge in [-0.2, -0.15) is 8.42 Å². The average Bonchev–Trinajstić information content (AvgIpc) is 3.06. The summed E-state index contributed by atoms with van der Waals surface area (Å²) in [6.45, 7) is 9.35. The zero-order valence-electron chi connectivity index (χ0n) is 16.7. The number of nitrogens with zero attached hydrogens (tertiary/aromatic N) is 1. The van der Waals surface area contributed by atoms with Crippen LogP contribution in [0.25, 0.3) is 0 Å². The summed E-state index contributed by atoms with van der Waals surface area (Å²) in [6.07, 6.45) is 2.48. The van der Waals surface area contributed by atoms with Crippen LogP contribution in [0.3, 0.4) is 0 Å². The van der Waals surface area contributed by atoms with Crippen molar-refractivity contribution in [2.45, 2.75) is 59.6 Å². The first-order valence-corrected chi connectivity index (χ1v) is 11.1. The quantitative estimate of drug-likeness (QED) is 0.629. The first-order valence-electron chi connectivity index (χ1n) is 9.48. The summed E-state index contributed by atoms with van der Waals surface area (Å²) in [5.41, 5.74) is 0.727. The molecule has 1 heterocycles. The maximum atomic E-state index is 12.9. The molecule has 6 nitrogen and oxygen atoms in total. The van der Waals surface area contributed by atoms with Crippen molar-refractivity contribution < 1.29 is 22.1 Å². The van der Waals surface area contributed by atoms with Gasteiger partial charge in [0.25, 0.3) is 0 Å². The fourth-order valence-electron chi connectivity index (χ4n) is 2.98. The number of carbonyl (C=O) groups is 1. The fourth-order valence-corrected chi connectivity index (χ4v) is 3.49. The predicted molar refractivity (Wildman–Crippen MR) is 105 cm³/mol. The van der Waals surface area contributed by atoms with Crippen molar-refractivity contribution in [3.05, 3.63) is 29.8 Å². The lowest BCUT2D eigenvalue weighted by Crippen LogP contribution is -2.38. The highest BCUT2D eigenvalue weighted by Crippen LogP contribution is 2.23. The first-order chi connectivity index (χ1) is 12.6. The molecule has 1 atom stereocenters. The Labute approximate surface area is 163 Å². The van der Waals surface area contributed by atoms with Crippen LogP contribution in [0.2, 0.25) is 0 Å². The Bertz CT molecular complexity index is 733. The molecule has 152 valence electrons. The first kappa shape index (κ1) is 21.7. The Morgan fingerprint density at radius 2 is 2.07 bits per heavy atom. The molecule has 1 aliphatic rings. The predicted octanol–water partition coefficient (Wildman–Crippen LogP) is 3.36. The highest BCUT2D eigenvalue weighted by atomic mass is 32.2. The molecule has 1 amide bonds. The van der Waals surface area contributed by atoms with Crippen LogP contribution in [-0.2, 0) is 26.2 Å². The molecular formula is C20H31NO5S. The second-order valence-corrected chi connectivity index (χ2v) is 10.1. The van der Waals surface area contributed by atoms with Gasteiger partial charge in [-0.15, -0.1) is 0 Å². The van der Waals surface area contributed by atoms with Gasteiger partial charge in [-0.3, -0.25) is 4.79 Å². The Kier molecular flexibility index (Phi) is 7.28. The maximum Gasteiger partial charge on any atom is 0.308 e. The third-order valence-corrected chi connectivity index (χ3v) is 5.48. The molecule has 0 unspecified atom stereocenters. The number of amides is 1. The summed E-state index contributed by atoms with van der Waals surface area (Å²) in [5.74, 6) is 0.257. The third kappa shape index (κ3) is 7.50. The summed E-state index contributed by atoms with van der Waals surface area (Å²) in [7, 11) is -3.58. The van der Waals surface area contributed by atoms with Gasteiger partial charge < -0.3 is 13.8 Å². The minimum absolute atomic E-state index is 0.0637. The van der Waals surface area contributed by atoms with Gasteiger partial charge in [0.2, 0.25) is 5.91 Å². The molecule has 1 aromatic rings. The average molecular weight is 398 g/mol. The zero-order chi connectivity index (χ0) is 20.1. The van der Waals surface area contributed by atoms with Gasteiger partial charge in [-0.05, 0) is 42.9 Å². The van der Waals surface area contributed by atoms with Crippen LogP contribution in [0.15, 0.2) is 24.3 Å². The topological polar surface area (TPSA) is 72.9 Å². The van der Waals surface area contributed by atoms with E-state index in [9.17, 15) is 13.2 Å². The lowest BCUT2D eigenvalue weighted by Gasteiger charge is -2.29. The number of hydrogen-bond donors (Lipinski definition) is 0. The molecular weight excluding hydrogens is 366 g/mol. The van der Waals surface area contributed by atoms with Crippen molar-refractivity contribution in [2.75, 3.05) is 18.9 Å². The molecule has 1 aliphatic heterocycles. The molecule has 0 spiro atoms. The van der Waals surface area contributed by atoms with E-state index in [-0.39, 0.29) is 28.9 Å². The van der Waals surface area contributed by atoms with Gasteiger partial charge in [0.1, 0.15) is 5.75 Å². The van der Waals surface area contributed by atoms with Crippen molar-refractivity contribution in [3.63, 3.8) is 0 Å². The lowest BCUT2D eigenvalue weighted by atomic mass is 9.91. The second-order valence-electron chi connectivity index (χ2n) is 8.22. The normalized spacial score (nSPS) is 17.7. The Hall–Kier alpha value is -1.60. The van der Waals surface area contributed by atoms with Crippen LogP contribution in [0.5, 0.6) is 5.75 Å². The largest absolute Gasteiger partial charge is 0.382 e. The summed E-state index contributed by atoms with van der Waals surface area (Å²) in [5, 5.41) is 0. The number of benzene rings is 1. The summed E-state index contributed by atoms with van der Waals surface area (Å²) >= 11 is 0. The molecule has 0 aromatic heterocycles. The molecule has 0 saturated carbocycles. The zero-order valence-corrected chi connectivity index (χ0v) is 17.5. The van der Waals surface area contributed by atoms with E-state index < -0.39 is 10.1 Å². The fraction of sp³-hybridized carbons (Fsp3) is 0.650. The van der Waals surface area contributed by atoms with Crippen LogP contribution in [-0.4, -0.2) is 44.2 Å². The molecule has 0 radical (unpaired) electrons. The maximum absolute atomic E-state index is 12.9. The van der Waals surface area contributed by atoms with Crippen molar-refractivity contribution in [2.24, 2.45) is 5.41 Å². The molecule has 2 rings (SSSR count). The highest BCUT2D eigenvalue weighted by molar-refractivity contribution is 7.87. The molecule has 0 N–H and O–H groups in total. The van der Waals surface area contributed by atoms with E-state index in [1.54, 1.807) is 18.2 Å². The van der Waals surface area contributed by atoms with E-state index in [4.69, 9.17) is 8.92 Å². The number of rotatable bonds is 8. The Morgan fingerprint density at radius 3 is 2.67 bits per heavy atom. The van der Waals surface area contributed by atoms with Crippen molar-refractivity contribution in [3.8, 4) is 5.75 Å². The minimum atomic E-state index is -3.58. The number of carbonyl (C=O) groups excluding carboxylic acids is 1. The van der Waals surface area contributed by atoms with Crippen LogP contribution < -0.4 is 4.18 Å². The molecule has 1 aromatic carbocycles. The van der Waals surface area contributed by atoms with Crippen LogP contribution in [0.1, 0.15) is 52.5 Å². The SMILES string of the molecule is CCS(=O)(=O)Oc1cccc(CN(C[C@H]2CCCO2)C(=O)CC(C)(C)C)c1. The van der Waals surface area contributed by atoms with Crippen LogP contribution in [0.4, 0.5) is 0 Å². The van der Waals surface area contributed by atoms with Gasteiger partial charge in [0, 0.05) is 26.1 Å². The van der Waals surface area contributed by atoms with Gasteiger partial charge in [0.05, 0.1) is 11.9 Å². The van der Waals surface area contributed by atoms with E-state index in [1.807, 2.05) is 31.7 Å². The molecule has 7 heteroatoms. The van der Waals surface area contributed by atoms with E-state index in [0.29, 0.717) is 19.5 Å². The monoisotopic (exact) mass is 397 g/mol. The number of ether oxygens (including phenoxy) is 1. The summed E-state index contributed by atoms with van der Waals surface area (Å²) in [6, 6.07) is 6.91. The molecule has 1 saturated heterocycles. The summed E-state index contributed by atoms with van der Waals surface area (Å²) < 4.78 is 34.2. The van der Waals surface area contributed by atoms with Crippen molar-refractivity contribution in [1.29, 1.82) is 0 Å². The minimum Gasteiger partial charge on any atom is -0.382 e. The standard InChI is InChI=1S/C20H31NO5S/c1-5-27(23,24)26-17-9-6-8-16(12-17)14-21(15-18-10-7-11-25-18)19(22)13-20(2,3)4/h6,8-9,12,18H,5,7,10-11,13-15H2,1-4H3/t18-/m1/s1. The van der Waals surface area contributed by atoms with E-state index in [0.717, 1.165) is 25.0 Å². The second kappa shape index (κ2) is 9.06. The van der Waals surface area contributed by atoms with Gasteiger partial charge in [-0.1, -0.05) is 32.9 Å².